The van der Waals surface area contributed by atoms with Gasteiger partial charge < -0.3 is 4.90 Å². The van der Waals surface area contributed by atoms with Crippen molar-refractivity contribution in [3.63, 3.8) is 0 Å². The lowest BCUT2D eigenvalue weighted by atomic mass is 9.70. The van der Waals surface area contributed by atoms with Gasteiger partial charge in [0.2, 0.25) is 0 Å². The van der Waals surface area contributed by atoms with Crippen molar-refractivity contribution < 1.29 is 0 Å². The van der Waals surface area contributed by atoms with Crippen LogP contribution in [0.5, 0.6) is 0 Å². The van der Waals surface area contributed by atoms with E-state index in [1.54, 1.807) is 0 Å². The minimum Gasteiger partial charge on any atom is -0.310 e. The Labute approximate surface area is 344 Å². The first kappa shape index (κ1) is 32.3. The van der Waals surface area contributed by atoms with Crippen LogP contribution in [-0.4, -0.2) is 0 Å². The number of rotatable bonds is 4. The smallest absolute Gasteiger partial charge is 0.0725 e. The molecule has 2 aliphatic carbocycles. The number of thiophene rings is 2. The van der Waals surface area contributed by atoms with Crippen molar-refractivity contribution in [1.29, 1.82) is 0 Å². The molecule has 270 valence electrons. The SMILES string of the molecule is c1ccc2c(c1)-c1ccccc1C21c2ccccc2-c2ccc(-c3ccc(N(c4ccc5c(c4)sc4ccccc45)c4ccc5c(c4)sc4ccccc45)cc3)cc21. The molecule has 0 N–H and O–H groups in total. The molecule has 58 heavy (non-hydrogen) atoms. The van der Waals surface area contributed by atoms with Crippen LogP contribution in [0.1, 0.15) is 22.3 Å². The summed E-state index contributed by atoms with van der Waals surface area (Å²) in [6.45, 7) is 0. The van der Waals surface area contributed by atoms with Crippen LogP contribution in [0.4, 0.5) is 17.1 Å². The van der Waals surface area contributed by atoms with E-state index in [1.807, 2.05) is 22.7 Å². The minimum atomic E-state index is -0.359. The van der Waals surface area contributed by atoms with E-state index in [0.29, 0.717) is 0 Å². The summed E-state index contributed by atoms with van der Waals surface area (Å²) in [6, 6.07) is 74.9. The Morgan fingerprint density at radius 2 is 0.707 bits per heavy atom. The van der Waals surface area contributed by atoms with Gasteiger partial charge in [0.05, 0.1) is 5.41 Å². The van der Waals surface area contributed by atoms with E-state index in [1.165, 1.54) is 96.0 Å². The van der Waals surface area contributed by atoms with Gasteiger partial charge in [-0.3, -0.25) is 0 Å². The number of nitrogens with zero attached hydrogens (tertiary/aromatic N) is 1. The molecule has 0 saturated carbocycles. The van der Waals surface area contributed by atoms with Gasteiger partial charge in [-0.05, 0) is 110 Å². The number of fused-ring (bicyclic) bond motifs is 16. The summed E-state index contributed by atoms with van der Waals surface area (Å²) >= 11 is 3.74. The molecule has 0 fully saturated rings. The third kappa shape index (κ3) is 4.40. The second-order valence-electron chi connectivity index (χ2n) is 15.6. The van der Waals surface area contributed by atoms with Crippen LogP contribution in [0, 0.1) is 0 Å². The quantitative estimate of drug-likeness (QED) is 0.172. The van der Waals surface area contributed by atoms with Gasteiger partial charge in [0, 0.05) is 57.4 Å². The molecule has 1 nitrogen and oxygen atoms in total. The van der Waals surface area contributed by atoms with Crippen LogP contribution in [0.2, 0.25) is 0 Å². The van der Waals surface area contributed by atoms with Crippen LogP contribution in [0.25, 0.3) is 73.7 Å². The van der Waals surface area contributed by atoms with Crippen LogP contribution in [0.15, 0.2) is 200 Å². The van der Waals surface area contributed by atoms with Crippen molar-refractivity contribution in [3.05, 3.63) is 222 Å². The Morgan fingerprint density at radius 1 is 0.293 bits per heavy atom. The van der Waals surface area contributed by atoms with E-state index in [0.717, 1.165) is 17.1 Å². The van der Waals surface area contributed by atoms with Gasteiger partial charge in [0.15, 0.2) is 0 Å². The van der Waals surface area contributed by atoms with Gasteiger partial charge in [-0.2, -0.15) is 0 Å². The van der Waals surface area contributed by atoms with Crippen LogP contribution in [0.3, 0.4) is 0 Å². The van der Waals surface area contributed by atoms with Crippen molar-refractivity contribution in [1.82, 2.24) is 0 Å². The van der Waals surface area contributed by atoms with Gasteiger partial charge in [0.1, 0.15) is 0 Å². The third-order valence-electron chi connectivity index (χ3n) is 12.7. The van der Waals surface area contributed by atoms with E-state index >= 15 is 0 Å². The number of anilines is 3. The molecule has 0 saturated heterocycles. The molecule has 1 spiro atoms. The normalized spacial score (nSPS) is 13.3. The van der Waals surface area contributed by atoms with Gasteiger partial charge in [-0.25, -0.2) is 0 Å². The number of hydrogen-bond donors (Lipinski definition) is 0. The second kappa shape index (κ2) is 12.1. The highest BCUT2D eigenvalue weighted by molar-refractivity contribution is 7.26. The summed E-state index contributed by atoms with van der Waals surface area (Å²) in [5.74, 6) is 0. The highest BCUT2D eigenvalue weighted by atomic mass is 32.1. The number of benzene rings is 9. The fraction of sp³-hybridized carbons (Fsp3) is 0.0182. The lowest BCUT2D eigenvalue weighted by Crippen LogP contribution is -2.25. The van der Waals surface area contributed by atoms with E-state index in [9.17, 15) is 0 Å². The molecule has 2 heterocycles. The maximum atomic E-state index is 2.48. The van der Waals surface area contributed by atoms with Gasteiger partial charge in [-0.15, -0.1) is 22.7 Å². The topological polar surface area (TPSA) is 3.24 Å². The molecule has 2 aliphatic rings. The maximum Gasteiger partial charge on any atom is 0.0725 e. The van der Waals surface area contributed by atoms with Gasteiger partial charge in [0.25, 0.3) is 0 Å². The molecule has 0 amide bonds. The van der Waals surface area contributed by atoms with Crippen molar-refractivity contribution in [3.8, 4) is 33.4 Å². The Bertz CT molecular complexity index is 3300. The van der Waals surface area contributed by atoms with Crippen LogP contribution < -0.4 is 4.90 Å². The lowest BCUT2D eigenvalue weighted by Gasteiger charge is -2.30. The Hall–Kier alpha value is -6.78. The highest BCUT2D eigenvalue weighted by Gasteiger charge is 2.51. The summed E-state index contributed by atoms with van der Waals surface area (Å²) in [7, 11) is 0. The molecule has 13 rings (SSSR count). The first-order valence-electron chi connectivity index (χ1n) is 19.9. The molecule has 0 bridgehead atoms. The first-order valence-corrected chi connectivity index (χ1v) is 21.5. The maximum absolute atomic E-state index is 2.48. The molecule has 11 aromatic rings. The summed E-state index contributed by atoms with van der Waals surface area (Å²) in [5, 5.41) is 5.26. The zero-order valence-electron chi connectivity index (χ0n) is 31.3. The predicted octanol–water partition coefficient (Wildman–Crippen LogP) is 15.9. The molecule has 0 unspecified atom stereocenters. The largest absolute Gasteiger partial charge is 0.310 e. The lowest BCUT2D eigenvalue weighted by molar-refractivity contribution is 0.794. The van der Waals surface area contributed by atoms with Crippen molar-refractivity contribution >= 4 is 80.1 Å². The highest BCUT2D eigenvalue weighted by Crippen LogP contribution is 2.63. The summed E-state index contributed by atoms with van der Waals surface area (Å²) in [4.78, 5) is 2.43. The zero-order chi connectivity index (χ0) is 38.0. The van der Waals surface area contributed by atoms with Crippen LogP contribution >= 0.6 is 22.7 Å². The van der Waals surface area contributed by atoms with Gasteiger partial charge >= 0.3 is 0 Å². The second-order valence-corrected chi connectivity index (χ2v) is 17.8. The Morgan fingerprint density at radius 3 is 1.24 bits per heavy atom. The fourth-order valence-corrected chi connectivity index (χ4v) is 12.5. The number of hydrogen-bond acceptors (Lipinski definition) is 3. The van der Waals surface area contributed by atoms with Crippen molar-refractivity contribution in [2.45, 2.75) is 5.41 Å². The molecule has 0 aliphatic heterocycles. The molecule has 0 radical (unpaired) electrons. The molecule has 9 aromatic carbocycles. The summed E-state index contributed by atoms with van der Waals surface area (Å²) in [5.41, 5.74) is 16.3. The van der Waals surface area contributed by atoms with E-state index in [4.69, 9.17) is 0 Å². The van der Waals surface area contributed by atoms with Crippen LogP contribution in [-0.2, 0) is 5.41 Å². The average molecular weight is 772 g/mol. The van der Waals surface area contributed by atoms with Gasteiger partial charge in [-0.1, -0.05) is 146 Å². The fourth-order valence-electron chi connectivity index (χ4n) is 10.2. The summed E-state index contributed by atoms with van der Waals surface area (Å²) in [6.07, 6.45) is 0. The van der Waals surface area contributed by atoms with Crippen molar-refractivity contribution in [2.24, 2.45) is 0 Å². The Kier molecular flexibility index (Phi) is 6.75. The van der Waals surface area contributed by atoms with E-state index in [2.05, 4.69) is 205 Å². The molecule has 2 aromatic heterocycles. The third-order valence-corrected chi connectivity index (χ3v) is 15.0. The zero-order valence-corrected chi connectivity index (χ0v) is 32.9. The average Bonchev–Trinajstić information content (AvgIpc) is 4.01. The standard InChI is InChI=1S/C55H33NS2/c1-6-16-47-39(11-1)40-12-2-7-17-48(40)55(47)49-18-8-3-13-41(49)42-28-23-35(31-50(42)55)34-21-24-36(25-22-34)56(37-26-29-45-43-14-4-9-19-51(43)57-53(45)32-37)38-27-30-46-44-15-5-10-20-52(44)58-54(46)33-38/h1-33H. The predicted molar refractivity (Wildman–Crippen MR) is 249 cm³/mol. The monoisotopic (exact) mass is 771 g/mol. The van der Waals surface area contributed by atoms with E-state index < -0.39 is 0 Å². The first-order chi connectivity index (χ1) is 28.7. The Balaban J connectivity index is 0.963. The van der Waals surface area contributed by atoms with Crippen molar-refractivity contribution in [2.75, 3.05) is 4.90 Å². The molecule has 3 heteroatoms. The molecular formula is C55H33NS2. The molecular weight excluding hydrogens is 739 g/mol. The minimum absolute atomic E-state index is 0.359. The summed E-state index contributed by atoms with van der Waals surface area (Å²) < 4.78 is 5.24. The molecule has 0 atom stereocenters. The van der Waals surface area contributed by atoms with E-state index in [-0.39, 0.29) is 5.41 Å².